The van der Waals surface area contributed by atoms with Crippen molar-refractivity contribution >= 4 is 17.7 Å². The van der Waals surface area contributed by atoms with Crippen LogP contribution >= 0.6 is 0 Å². The summed E-state index contributed by atoms with van der Waals surface area (Å²) in [6, 6.07) is 9.90. The van der Waals surface area contributed by atoms with Gasteiger partial charge in [-0.15, -0.1) is 0 Å². The molecular weight excluding hydrogens is 318 g/mol. The van der Waals surface area contributed by atoms with Crippen LogP contribution in [-0.2, 0) is 10.3 Å². The van der Waals surface area contributed by atoms with E-state index < -0.39 is 17.5 Å². The quantitative estimate of drug-likeness (QED) is 0.686. The average molecular weight is 337 g/mol. The van der Waals surface area contributed by atoms with E-state index in [9.17, 15) is 14.4 Å². The van der Waals surface area contributed by atoms with Crippen LogP contribution in [0, 0.1) is 13.8 Å². The molecule has 128 valence electrons. The highest BCUT2D eigenvalue weighted by molar-refractivity contribution is 6.11. The average Bonchev–Trinajstić information content (AvgIpc) is 2.82. The number of nitrogens with zero attached hydrogens (tertiary/aromatic N) is 2. The summed E-state index contributed by atoms with van der Waals surface area (Å²) in [5, 5.41) is 2.65. The lowest BCUT2D eigenvalue weighted by atomic mass is 9.97. The lowest BCUT2D eigenvalue weighted by Gasteiger charge is -2.20. The van der Waals surface area contributed by atoms with Crippen molar-refractivity contribution in [2.75, 3.05) is 6.54 Å². The maximum atomic E-state index is 12.8. The Morgan fingerprint density at radius 2 is 1.92 bits per heavy atom. The van der Waals surface area contributed by atoms with Crippen LogP contribution in [0.3, 0.4) is 0 Å². The molecule has 6 heteroatoms. The topological polar surface area (TPSA) is 79.4 Å². The third-order valence-corrected chi connectivity index (χ3v) is 4.58. The highest BCUT2D eigenvalue weighted by atomic mass is 16.2. The smallest absolute Gasteiger partial charge is 0.318 e. The van der Waals surface area contributed by atoms with Gasteiger partial charge in [0.1, 0.15) is 0 Å². The molecule has 0 aliphatic carbocycles. The Bertz CT molecular complexity index is 863. The summed E-state index contributed by atoms with van der Waals surface area (Å²) < 4.78 is 0. The molecule has 1 atom stereocenters. The van der Waals surface area contributed by atoms with Gasteiger partial charge >= 0.3 is 6.03 Å². The van der Waals surface area contributed by atoms with Crippen LogP contribution < -0.4 is 5.32 Å². The molecule has 1 aliphatic heterocycles. The van der Waals surface area contributed by atoms with E-state index in [2.05, 4.69) is 10.3 Å². The van der Waals surface area contributed by atoms with E-state index in [1.54, 1.807) is 43.5 Å². The zero-order valence-electron chi connectivity index (χ0n) is 14.4. The van der Waals surface area contributed by atoms with Crippen molar-refractivity contribution < 1.29 is 14.4 Å². The number of aromatic nitrogens is 1. The number of amides is 3. The fourth-order valence-corrected chi connectivity index (χ4v) is 2.82. The molecule has 0 saturated carbocycles. The second-order valence-electron chi connectivity index (χ2n) is 6.38. The number of urea groups is 1. The molecule has 25 heavy (non-hydrogen) atoms. The lowest BCUT2D eigenvalue weighted by Crippen LogP contribution is -2.42. The molecule has 1 aliphatic rings. The number of carbonyl (C=O) groups excluding carboxylic acids is 3. The molecule has 0 radical (unpaired) electrons. The van der Waals surface area contributed by atoms with Crippen LogP contribution in [-0.4, -0.2) is 34.2 Å². The summed E-state index contributed by atoms with van der Waals surface area (Å²) in [5.74, 6) is -0.759. The van der Waals surface area contributed by atoms with E-state index in [4.69, 9.17) is 0 Å². The number of hydrogen-bond donors (Lipinski definition) is 1. The number of benzene rings is 1. The van der Waals surface area contributed by atoms with Crippen LogP contribution in [0.1, 0.15) is 34.1 Å². The van der Waals surface area contributed by atoms with E-state index in [1.165, 1.54) is 0 Å². The first kappa shape index (κ1) is 16.8. The first-order chi connectivity index (χ1) is 11.8. The Labute approximate surface area is 145 Å². The van der Waals surface area contributed by atoms with Gasteiger partial charge in [0, 0.05) is 11.8 Å². The van der Waals surface area contributed by atoms with Crippen molar-refractivity contribution in [2.45, 2.75) is 26.3 Å². The van der Waals surface area contributed by atoms with Crippen LogP contribution in [0.2, 0.25) is 0 Å². The zero-order chi connectivity index (χ0) is 18.2. The fourth-order valence-electron chi connectivity index (χ4n) is 2.82. The predicted octanol–water partition coefficient (Wildman–Crippen LogP) is 2.35. The number of rotatable bonds is 4. The molecule has 6 nitrogen and oxygen atoms in total. The minimum atomic E-state index is -1.26. The summed E-state index contributed by atoms with van der Waals surface area (Å²) >= 11 is 0. The molecule has 1 fully saturated rings. The van der Waals surface area contributed by atoms with Crippen molar-refractivity contribution in [2.24, 2.45) is 0 Å². The number of ketones is 1. The molecule has 1 N–H and O–H groups in total. The van der Waals surface area contributed by atoms with Gasteiger partial charge in [-0.3, -0.25) is 19.5 Å². The Morgan fingerprint density at radius 3 is 2.56 bits per heavy atom. The predicted molar refractivity (Wildman–Crippen MR) is 92.1 cm³/mol. The Morgan fingerprint density at radius 1 is 1.16 bits per heavy atom. The number of aryl methyl sites for hydroxylation is 2. The first-order valence-electron chi connectivity index (χ1n) is 7.99. The molecule has 0 spiro atoms. The maximum absolute atomic E-state index is 12.8. The van der Waals surface area contributed by atoms with Gasteiger partial charge in [0.05, 0.1) is 12.2 Å². The number of imide groups is 1. The minimum absolute atomic E-state index is 0.281. The molecule has 1 aromatic carbocycles. The largest absolute Gasteiger partial charge is 0.325 e. The van der Waals surface area contributed by atoms with E-state index in [1.807, 2.05) is 19.9 Å². The second-order valence-corrected chi connectivity index (χ2v) is 6.38. The molecule has 1 aromatic heterocycles. The van der Waals surface area contributed by atoms with E-state index in [0.717, 1.165) is 16.0 Å². The zero-order valence-corrected chi connectivity index (χ0v) is 14.4. The molecule has 0 bridgehead atoms. The van der Waals surface area contributed by atoms with Crippen molar-refractivity contribution in [1.29, 1.82) is 0 Å². The van der Waals surface area contributed by atoms with Crippen LogP contribution in [0.4, 0.5) is 4.79 Å². The molecule has 2 aromatic rings. The molecule has 3 amide bonds. The Balaban J connectivity index is 1.83. The molecule has 1 saturated heterocycles. The standard InChI is InChI=1S/C19H19N3O3/c1-12-7-8-14(10-13(12)2)15(23)11-22-17(24)19(3,21-18(22)25)16-6-4-5-9-20-16/h4-10H,11H2,1-3H3,(H,21,25). The van der Waals surface area contributed by atoms with Gasteiger partial charge in [-0.25, -0.2) is 4.79 Å². The van der Waals surface area contributed by atoms with Gasteiger partial charge in [-0.1, -0.05) is 18.2 Å². The van der Waals surface area contributed by atoms with E-state index in [0.29, 0.717) is 11.3 Å². The summed E-state index contributed by atoms with van der Waals surface area (Å²) in [4.78, 5) is 42.7. The lowest BCUT2D eigenvalue weighted by molar-refractivity contribution is -0.130. The monoisotopic (exact) mass is 337 g/mol. The fraction of sp³-hybridized carbons (Fsp3) is 0.263. The normalized spacial score (nSPS) is 19.9. The molecular formula is C19H19N3O3. The molecule has 2 heterocycles. The third kappa shape index (κ3) is 2.91. The van der Waals surface area contributed by atoms with Crippen molar-refractivity contribution in [3.63, 3.8) is 0 Å². The maximum Gasteiger partial charge on any atom is 0.325 e. The number of nitrogens with one attached hydrogen (secondary N) is 1. The van der Waals surface area contributed by atoms with Gasteiger partial charge in [0.25, 0.3) is 5.91 Å². The second kappa shape index (κ2) is 6.12. The number of pyridine rings is 1. The molecule has 1 unspecified atom stereocenters. The summed E-state index contributed by atoms with van der Waals surface area (Å²) in [5.41, 5.74) is 1.72. The summed E-state index contributed by atoms with van der Waals surface area (Å²) in [7, 11) is 0. The van der Waals surface area contributed by atoms with Gasteiger partial charge in [-0.2, -0.15) is 0 Å². The highest BCUT2D eigenvalue weighted by Crippen LogP contribution is 2.27. The van der Waals surface area contributed by atoms with Crippen LogP contribution in [0.15, 0.2) is 42.6 Å². The van der Waals surface area contributed by atoms with Crippen LogP contribution in [0.5, 0.6) is 0 Å². The van der Waals surface area contributed by atoms with Gasteiger partial charge in [-0.05, 0) is 50.1 Å². The van der Waals surface area contributed by atoms with E-state index in [-0.39, 0.29) is 12.3 Å². The van der Waals surface area contributed by atoms with Gasteiger partial charge in [0.15, 0.2) is 11.3 Å². The highest BCUT2D eigenvalue weighted by Gasteiger charge is 2.50. The van der Waals surface area contributed by atoms with Crippen molar-refractivity contribution in [3.8, 4) is 0 Å². The Kier molecular flexibility index (Phi) is 4.12. The van der Waals surface area contributed by atoms with Gasteiger partial charge in [0.2, 0.25) is 0 Å². The van der Waals surface area contributed by atoms with Crippen LogP contribution in [0.25, 0.3) is 0 Å². The van der Waals surface area contributed by atoms with Crippen molar-refractivity contribution in [1.82, 2.24) is 15.2 Å². The Hall–Kier alpha value is -3.02. The summed E-state index contributed by atoms with van der Waals surface area (Å²) in [6.45, 7) is 5.17. The van der Waals surface area contributed by atoms with Gasteiger partial charge < -0.3 is 5.32 Å². The molecule has 3 rings (SSSR count). The van der Waals surface area contributed by atoms with Crippen molar-refractivity contribution in [3.05, 3.63) is 65.0 Å². The summed E-state index contributed by atoms with van der Waals surface area (Å²) in [6.07, 6.45) is 1.56. The number of carbonyl (C=O) groups is 3. The minimum Gasteiger partial charge on any atom is -0.318 e. The number of hydrogen-bond acceptors (Lipinski definition) is 4. The van der Waals surface area contributed by atoms with E-state index >= 15 is 0 Å². The first-order valence-corrected chi connectivity index (χ1v) is 7.99. The third-order valence-electron chi connectivity index (χ3n) is 4.58. The SMILES string of the molecule is Cc1ccc(C(=O)CN2C(=O)NC(C)(c3ccccn3)C2=O)cc1C. The number of Topliss-reactive ketones (excluding diaryl/α,β-unsaturated/α-hetero) is 1.